The summed E-state index contributed by atoms with van der Waals surface area (Å²) in [5, 5.41) is 2.96. The third-order valence-electron chi connectivity index (χ3n) is 5.34. The fraction of sp³-hybridized carbons (Fsp3) is 0.429. The maximum atomic E-state index is 12.5. The van der Waals surface area contributed by atoms with E-state index in [1.54, 1.807) is 6.20 Å². The van der Waals surface area contributed by atoms with Gasteiger partial charge < -0.3 is 24.8 Å². The number of carbonyl (C=O) groups excluding carboxylic acids is 1. The third-order valence-corrected chi connectivity index (χ3v) is 5.34. The molecule has 0 saturated carbocycles. The van der Waals surface area contributed by atoms with Crippen LogP contribution in [-0.4, -0.2) is 75.3 Å². The Hall–Kier alpha value is -2.64. The average molecular weight is 381 g/mol. The maximum absolute atomic E-state index is 12.5. The van der Waals surface area contributed by atoms with E-state index in [0.29, 0.717) is 18.8 Å². The molecule has 4 rings (SSSR count). The van der Waals surface area contributed by atoms with E-state index in [0.717, 1.165) is 50.8 Å². The number of hydrogen-bond acceptors (Lipinski definition) is 6. The molecule has 1 N–H and O–H groups in total. The van der Waals surface area contributed by atoms with Crippen LogP contribution in [0.5, 0.6) is 0 Å². The van der Waals surface area contributed by atoms with Crippen LogP contribution in [0.15, 0.2) is 42.6 Å². The highest BCUT2D eigenvalue weighted by molar-refractivity contribution is 6.04. The molecule has 28 heavy (non-hydrogen) atoms. The van der Waals surface area contributed by atoms with Crippen LogP contribution < -0.4 is 15.1 Å². The molecule has 0 atom stereocenters. The summed E-state index contributed by atoms with van der Waals surface area (Å²) in [6, 6.07) is 11.8. The van der Waals surface area contributed by atoms with Crippen molar-refractivity contribution in [2.75, 3.05) is 74.6 Å². The van der Waals surface area contributed by atoms with Crippen LogP contribution >= 0.6 is 0 Å². The van der Waals surface area contributed by atoms with Crippen molar-refractivity contribution in [3.8, 4) is 0 Å². The number of rotatable bonds is 4. The Balaban J connectivity index is 1.35. The molecule has 7 nitrogen and oxygen atoms in total. The quantitative estimate of drug-likeness (QED) is 0.873. The highest BCUT2D eigenvalue weighted by Crippen LogP contribution is 2.20. The van der Waals surface area contributed by atoms with Crippen molar-refractivity contribution in [1.29, 1.82) is 0 Å². The standard InChI is InChI=1S/C21H27N5O2/c1-24-8-10-25(11-9-24)19-5-3-18(4-6-19)23-21(27)17-2-7-20(22-16-17)26-12-14-28-15-13-26/h2-7,16H,8-15H2,1H3,(H,23,27). The van der Waals surface area contributed by atoms with E-state index in [4.69, 9.17) is 4.74 Å². The summed E-state index contributed by atoms with van der Waals surface area (Å²) in [7, 11) is 2.15. The molecule has 2 saturated heterocycles. The lowest BCUT2D eigenvalue weighted by molar-refractivity contribution is 0.102. The number of pyridine rings is 1. The van der Waals surface area contributed by atoms with Crippen molar-refractivity contribution < 1.29 is 9.53 Å². The first-order valence-electron chi connectivity index (χ1n) is 9.83. The van der Waals surface area contributed by atoms with Crippen molar-refractivity contribution in [2.45, 2.75) is 0 Å². The number of hydrogen-bond donors (Lipinski definition) is 1. The monoisotopic (exact) mass is 381 g/mol. The molecule has 0 bridgehead atoms. The number of nitrogens with one attached hydrogen (secondary N) is 1. The van der Waals surface area contributed by atoms with Gasteiger partial charge in [0.25, 0.3) is 5.91 Å². The van der Waals surface area contributed by atoms with E-state index in [9.17, 15) is 4.79 Å². The molecular formula is C21H27N5O2. The molecule has 0 aliphatic carbocycles. The number of anilines is 3. The van der Waals surface area contributed by atoms with Gasteiger partial charge in [0, 0.05) is 56.8 Å². The van der Waals surface area contributed by atoms with Gasteiger partial charge >= 0.3 is 0 Å². The van der Waals surface area contributed by atoms with Crippen molar-refractivity contribution in [3.05, 3.63) is 48.2 Å². The van der Waals surface area contributed by atoms with Gasteiger partial charge in [-0.15, -0.1) is 0 Å². The first-order valence-corrected chi connectivity index (χ1v) is 9.83. The Labute approximate surface area is 165 Å². The van der Waals surface area contributed by atoms with Gasteiger partial charge in [-0.2, -0.15) is 0 Å². The molecule has 0 radical (unpaired) electrons. The summed E-state index contributed by atoms with van der Waals surface area (Å²) < 4.78 is 5.36. The Morgan fingerprint density at radius 3 is 2.29 bits per heavy atom. The number of benzene rings is 1. The Kier molecular flexibility index (Phi) is 5.73. The third kappa shape index (κ3) is 4.43. The highest BCUT2D eigenvalue weighted by atomic mass is 16.5. The van der Waals surface area contributed by atoms with Gasteiger partial charge in [0.15, 0.2) is 0 Å². The van der Waals surface area contributed by atoms with E-state index in [1.807, 2.05) is 24.3 Å². The molecule has 2 aliphatic heterocycles. The minimum absolute atomic E-state index is 0.145. The lowest BCUT2D eigenvalue weighted by Gasteiger charge is -2.34. The van der Waals surface area contributed by atoms with Gasteiger partial charge in [0.1, 0.15) is 5.82 Å². The molecule has 0 spiro atoms. The summed E-state index contributed by atoms with van der Waals surface area (Å²) in [5.74, 6) is 0.741. The molecule has 2 aromatic rings. The molecule has 1 amide bonds. The number of amides is 1. The Morgan fingerprint density at radius 1 is 0.929 bits per heavy atom. The molecule has 7 heteroatoms. The number of likely N-dealkylation sites (N-methyl/N-ethyl adjacent to an activating group) is 1. The highest BCUT2D eigenvalue weighted by Gasteiger charge is 2.15. The van der Waals surface area contributed by atoms with Crippen molar-refractivity contribution >= 4 is 23.1 Å². The normalized spacial score (nSPS) is 18.2. The van der Waals surface area contributed by atoms with E-state index in [1.165, 1.54) is 5.69 Å². The van der Waals surface area contributed by atoms with Crippen molar-refractivity contribution in [3.63, 3.8) is 0 Å². The zero-order valence-corrected chi connectivity index (χ0v) is 16.3. The smallest absolute Gasteiger partial charge is 0.257 e. The van der Waals surface area contributed by atoms with Gasteiger partial charge in [-0.3, -0.25) is 4.79 Å². The van der Waals surface area contributed by atoms with Crippen molar-refractivity contribution in [2.24, 2.45) is 0 Å². The molecule has 0 unspecified atom stereocenters. The van der Waals surface area contributed by atoms with Gasteiger partial charge in [-0.1, -0.05) is 0 Å². The number of nitrogens with zero attached hydrogens (tertiary/aromatic N) is 4. The molecule has 2 fully saturated rings. The second-order valence-electron chi connectivity index (χ2n) is 7.30. The first-order chi connectivity index (χ1) is 13.7. The first kappa shape index (κ1) is 18.7. The molecule has 148 valence electrons. The summed E-state index contributed by atoms with van der Waals surface area (Å²) in [4.78, 5) is 23.8. The van der Waals surface area contributed by atoms with Crippen LogP contribution in [0.4, 0.5) is 17.2 Å². The second-order valence-corrected chi connectivity index (χ2v) is 7.30. The van der Waals surface area contributed by atoms with Crippen LogP contribution in [0.2, 0.25) is 0 Å². The van der Waals surface area contributed by atoms with Gasteiger partial charge in [0.2, 0.25) is 0 Å². The van der Waals surface area contributed by atoms with Crippen LogP contribution in [0.1, 0.15) is 10.4 Å². The topological polar surface area (TPSA) is 60.9 Å². The molecule has 1 aromatic heterocycles. The number of piperazine rings is 1. The molecule has 3 heterocycles. The maximum Gasteiger partial charge on any atom is 0.257 e. The van der Waals surface area contributed by atoms with E-state index in [-0.39, 0.29) is 5.91 Å². The largest absolute Gasteiger partial charge is 0.378 e. The molecule has 2 aliphatic rings. The minimum atomic E-state index is -0.145. The lowest BCUT2D eigenvalue weighted by atomic mass is 10.2. The lowest BCUT2D eigenvalue weighted by Crippen LogP contribution is -2.44. The Morgan fingerprint density at radius 2 is 1.64 bits per heavy atom. The van der Waals surface area contributed by atoms with Crippen LogP contribution in [0.25, 0.3) is 0 Å². The van der Waals surface area contributed by atoms with E-state index >= 15 is 0 Å². The van der Waals surface area contributed by atoms with Gasteiger partial charge in [-0.05, 0) is 43.4 Å². The summed E-state index contributed by atoms with van der Waals surface area (Å²) in [6.07, 6.45) is 1.64. The van der Waals surface area contributed by atoms with E-state index < -0.39 is 0 Å². The van der Waals surface area contributed by atoms with Crippen LogP contribution in [-0.2, 0) is 4.74 Å². The van der Waals surface area contributed by atoms with Gasteiger partial charge in [0.05, 0.1) is 18.8 Å². The minimum Gasteiger partial charge on any atom is -0.378 e. The number of ether oxygens (including phenoxy) is 1. The summed E-state index contributed by atoms with van der Waals surface area (Å²) in [6.45, 7) is 7.31. The average Bonchev–Trinajstić information content (AvgIpc) is 2.76. The summed E-state index contributed by atoms with van der Waals surface area (Å²) in [5.41, 5.74) is 2.54. The van der Waals surface area contributed by atoms with Crippen molar-refractivity contribution in [1.82, 2.24) is 9.88 Å². The molecule has 1 aromatic carbocycles. The SMILES string of the molecule is CN1CCN(c2ccc(NC(=O)c3ccc(N4CCOCC4)nc3)cc2)CC1. The second kappa shape index (κ2) is 8.58. The number of aromatic nitrogens is 1. The fourth-order valence-electron chi connectivity index (χ4n) is 3.52. The predicted molar refractivity (Wildman–Crippen MR) is 111 cm³/mol. The van der Waals surface area contributed by atoms with Crippen LogP contribution in [0.3, 0.4) is 0 Å². The Bertz CT molecular complexity index is 779. The number of morpholine rings is 1. The molecular weight excluding hydrogens is 354 g/mol. The van der Waals surface area contributed by atoms with Gasteiger partial charge in [-0.25, -0.2) is 4.98 Å². The zero-order valence-electron chi connectivity index (χ0n) is 16.3. The zero-order chi connectivity index (χ0) is 19.3. The van der Waals surface area contributed by atoms with E-state index in [2.05, 4.69) is 44.2 Å². The van der Waals surface area contributed by atoms with Crippen LogP contribution in [0, 0.1) is 0 Å². The number of carbonyl (C=O) groups is 1. The predicted octanol–water partition coefficient (Wildman–Crippen LogP) is 1.92. The summed E-state index contributed by atoms with van der Waals surface area (Å²) >= 11 is 0. The fourth-order valence-corrected chi connectivity index (χ4v) is 3.52.